The number of rotatable bonds is 5. The number of carbonyl (C=O) groups excluding carboxylic acids is 1. The fourth-order valence-electron chi connectivity index (χ4n) is 2.95. The molecule has 1 N–H and O–H groups in total. The highest BCUT2D eigenvalue weighted by Crippen LogP contribution is 2.32. The maximum absolute atomic E-state index is 12.9. The minimum absolute atomic E-state index is 0.0637. The Morgan fingerprint density at radius 2 is 2.27 bits per heavy atom. The second-order valence-electron chi connectivity index (χ2n) is 6.25. The molecule has 3 rings (SSSR count). The highest BCUT2D eigenvalue weighted by molar-refractivity contribution is 7.89. The normalized spacial score (nSPS) is 18.6. The van der Waals surface area contributed by atoms with E-state index in [-0.39, 0.29) is 16.7 Å². The van der Waals surface area contributed by atoms with Gasteiger partial charge < -0.3 is 5.32 Å². The lowest BCUT2D eigenvalue weighted by atomic mass is 10.0. The SMILES string of the molecule is CC(=O)NCc1csc(C2CCCN(S(=O)(=O)c3cccc(Cl)c3)C2)n1. The average Bonchev–Trinajstić information content (AvgIpc) is 3.09. The Labute approximate surface area is 162 Å². The second kappa shape index (κ2) is 8.04. The number of amides is 1. The van der Waals surface area contributed by atoms with E-state index in [0.29, 0.717) is 24.7 Å². The molecule has 2 heterocycles. The van der Waals surface area contributed by atoms with E-state index < -0.39 is 10.0 Å². The molecule has 1 aliphatic rings. The predicted octanol–water partition coefficient (Wildman–Crippen LogP) is 3.00. The van der Waals surface area contributed by atoms with E-state index in [0.717, 1.165) is 23.5 Å². The van der Waals surface area contributed by atoms with Crippen molar-refractivity contribution in [3.63, 3.8) is 0 Å². The zero-order valence-corrected chi connectivity index (χ0v) is 16.7. The Balaban J connectivity index is 1.74. The molecule has 0 aliphatic carbocycles. The van der Waals surface area contributed by atoms with E-state index in [2.05, 4.69) is 10.3 Å². The maximum Gasteiger partial charge on any atom is 0.243 e. The fourth-order valence-corrected chi connectivity index (χ4v) is 5.72. The number of piperidine rings is 1. The van der Waals surface area contributed by atoms with Gasteiger partial charge in [0, 0.05) is 36.3 Å². The molecule has 6 nitrogen and oxygen atoms in total. The van der Waals surface area contributed by atoms with Gasteiger partial charge in [-0.25, -0.2) is 13.4 Å². The highest BCUT2D eigenvalue weighted by Gasteiger charge is 2.32. The summed E-state index contributed by atoms with van der Waals surface area (Å²) >= 11 is 7.46. The quantitative estimate of drug-likeness (QED) is 0.817. The Morgan fingerprint density at radius 1 is 1.46 bits per heavy atom. The number of hydrogen-bond donors (Lipinski definition) is 1. The van der Waals surface area contributed by atoms with Gasteiger partial charge in [0.1, 0.15) is 0 Å². The molecule has 1 atom stereocenters. The molecule has 1 aromatic heterocycles. The second-order valence-corrected chi connectivity index (χ2v) is 9.51. The minimum Gasteiger partial charge on any atom is -0.351 e. The van der Waals surface area contributed by atoms with Crippen molar-refractivity contribution < 1.29 is 13.2 Å². The molecule has 2 aromatic rings. The first-order chi connectivity index (χ1) is 12.4. The number of hydrogen-bond acceptors (Lipinski definition) is 5. The molecule has 1 amide bonds. The van der Waals surface area contributed by atoms with Gasteiger partial charge in [-0.15, -0.1) is 11.3 Å². The number of halogens is 1. The summed E-state index contributed by atoms with van der Waals surface area (Å²) in [7, 11) is -3.57. The number of sulfonamides is 1. The molecule has 0 spiro atoms. The van der Waals surface area contributed by atoms with Gasteiger partial charge in [0.2, 0.25) is 15.9 Å². The van der Waals surface area contributed by atoms with E-state index in [1.54, 1.807) is 18.2 Å². The van der Waals surface area contributed by atoms with Crippen LogP contribution in [0.1, 0.15) is 36.4 Å². The van der Waals surface area contributed by atoms with Crippen LogP contribution in [0.5, 0.6) is 0 Å². The first-order valence-electron chi connectivity index (χ1n) is 8.30. The van der Waals surface area contributed by atoms with Crippen LogP contribution in [0.2, 0.25) is 5.02 Å². The van der Waals surface area contributed by atoms with Crippen LogP contribution in [0, 0.1) is 0 Å². The van der Waals surface area contributed by atoms with E-state index in [1.165, 1.54) is 28.6 Å². The Morgan fingerprint density at radius 3 is 3.00 bits per heavy atom. The Kier molecular flexibility index (Phi) is 5.96. The van der Waals surface area contributed by atoms with E-state index in [9.17, 15) is 13.2 Å². The highest BCUT2D eigenvalue weighted by atomic mass is 35.5. The molecule has 0 radical (unpaired) electrons. The van der Waals surface area contributed by atoms with Crippen LogP contribution in [0.4, 0.5) is 0 Å². The largest absolute Gasteiger partial charge is 0.351 e. The lowest BCUT2D eigenvalue weighted by Crippen LogP contribution is -2.39. The van der Waals surface area contributed by atoms with Gasteiger partial charge >= 0.3 is 0 Å². The number of benzene rings is 1. The van der Waals surface area contributed by atoms with Crippen LogP contribution in [-0.2, 0) is 21.4 Å². The summed E-state index contributed by atoms with van der Waals surface area (Å²) in [6.45, 7) is 2.76. The van der Waals surface area contributed by atoms with Gasteiger partial charge in [0.15, 0.2) is 0 Å². The molecule has 1 unspecified atom stereocenters. The van der Waals surface area contributed by atoms with Crippen LogP contribution >= 0.6 is 22.9 Å². The number of carbonyl (C=O) groups is 1. The van der Waals surface area contributed by atoms with E-state index >= 15 is 0 Å². The third-order valence-electron chi connectivity index (χ3n) is 4.26. The molecular formula is C17H20ClN3O3S2. The van der Waals surface area contributed by atoms with Crippen molar-refractivity contribution in [1.29, 1.82) is 0 Å². The summed E-state index contributed by atoms with van der Waals surface area (Å²) in [5.41, 5.74) is 0.801. The Bertz CT molecular complexity index is 898. The topological polar surface area (TPSA) is 79.4 Å². The van der Waals surface area contributed by atoms with Crippen LogP contribution in [0.25, 0.3) is 0 Å². The van der Waals surface area contributed by atoms with Crippen molar-refractivity contribution in [1.82, 2.24) is 14.6 Å². The van der Waals surface area contributed by atoms with Crippen molar-refractivity contribution in [2.75, 3.05) is 13.1 Å². The summed E-state index contributed by atoms with van der Waals surface area (Å²) < 4.78 is 27.3. The molecule has 0 bridgehead atoms. The third-order valence-corrected chi connectivity index (χ3v) is 7.41. The van der Waals surface area contributed by atoms with Crippen molar-refractivity contribution in [3.05, 3.63) is 45.4 Å². The fraction of sp³-hybridized carbons (Fsp3) is 0.412. The van der Waals surface area contributed by atoms with E-state index in [1.807, 2.05) is 5.38 Å². The molecule has 140 valence electrons. The summed E-state index contributed by atoms with van der Waals surface area (Å²) in [6, 6.07) is 6.35. The maximum atomic E-state index is 12.9. The number of nitrogens with one attached hydrogen (secondary N) is 1. The molecule has 1 aromatic carbocycles. The van der Waals surface area contributed by atoms with Crippen molar-refractivity contribution >= 4 is 38.9 Å². The lowest BCUT2D eigenvalue weighted by Gasteiger charge is -2.31. The first-order valence-corrected chi connectivity index (χ1v) is 11.0. The van der Waals surface area contributed by atoms with Crippen LogP contribution in [-0.4, -0.2) is 36.7 Å². The molecule has 1 fully saturated rings. The van der Waals surface area contributed by atoms with Gasteiger partial charge in [-0.3, -0.25) is 4.79 Å². The van der Waals surface area contributed by atoms with Crippen LogP contribution in [0.3, 0.4) is 0 Å². The van der Waals surface area contributed by atoms with Gasteiger partial charge in [-0.2, -0.15) is 4.31 Å². The average molecular weight is 414 g/mol. The standard InChI is InChI=1S/C17H20ClN3O3S2/c1-12(22)19-9-15-11-25-17(20-15)13-4-3-7-21(10-13)26(23,24)16-6-2-5-14(18)8-16/h2,5-6,8,11,13H,3-4,7,9-10H2,1H3,(H,19,22). The monoisotopic (exact) mass is 413 g/mol. The molecule has 26 heavy (non-hydrogen) atoms. The number of nitrogens with zero attached hydrogens (tertiary/aromatic N) is 2. The van der Waals surface area contributed by atoms with Crippen LogP contribution < -0.4 is 5.32 Å². The Hall–Kier alpha value is -1.48. The smallest absolute Gasteiger partial charge is 0.243 e. The molecular weight excluding hydrogens is 394 g/mol. The first kappa shape index (κ1) is 19.3. The lowest BCUT2D eigenvalue weighted by molar-refractivity contribution is -0.119. The van der Waals surface area contributed by atoms with Gasteiger partial charge in [0.25, 0.3) is 0 Å². The zero-order chi connectivity index (χ0) is 18.7. The molecule has 1 aliphatic heterocycles. The summed E-state index contributed by atoms with van der Waals surface area (Å²) in [6.07, 6.45) is 1.68. The van der Waals surface area contributed by atoms with Crippen LogP contribution in [0.15, 0.2) is 34.5 Å². The van der Waals surface area contributed by atoms with Crippen molar-refractivity contribution in [2.24, 2.45) is 0 Å². The van der Waals surface area contributed by atoms with Crippen molar-refractivity contribution in [3.8, 4) is 0 Å². The zero-order valence-electron chi connectivity index (χ0n) is 14.3. The van der Waals surface area contributed by atoms with Crippen molar-refractivity contribution in [2.45, 2.75) is 37.1 Å². The summed E-state index contributed by atoms with van der Waals surface area (Å²) in [5, 5.41) is 5.95. The number of thiazole rings is 1. The summed E-state index contributed by atoms with van der Waals surface area (Å²) in [4.78, 5) is 15.8. The molecule has 1 saturated heterocycles. The van der Waals surface area contributed by atoms with E-state index in [4.69, 9.17) is 11.6 Å². The van der Waals surface area contributed by atoms with Gasteiger partial charge in [-0.05, 0) is 31.0 Å². The third kappa shape index (κ3) is 4.43. The molecule has 0 saturated carbocycles. The molecule has 9 heteroatoms. The number of aromatic nitrogens is 1. The van der Waals surface area contributed by atoms with Gasteiger partial charge in [-0.1, -0.05) is 17.7 Å². The predicted molar refractivity (Wildman–Crippen MR) is 102 cm³/mol. The van der Waals surface area contributed by atoms with Gasteiger partial charge in [0.05, 0.1) is 22.1 Å². The minimum atomic E-state index is -3.57. The summed E-state index contributed by atoms with van der Waals surface area (Å²) in [5.74, 6) is -0.0372.